The van der Waals surface area contributed by atoms with Crippen molar-refractivity contribution in [3.8, 4) is 0 Å². The van der Waals surface area contributed by atoms with Crippen molar-refractivity contribution in [2.24, 2.45) is 0 Å². The molecule has 0 bridgehead atoms. The molecule has 16 heavy (non-hydrogen) atoms. The zero-order chi connectivity index (χ0) is 12.1. The molecule has 0 radical (unpaired) electrons. The highest BCUT2D eigenvalue weighted by molar-refractivity contribution is 7.14. The van der Waals surface area contributed by atoms with Crippen molar-refractivity contribution in [1.29, 1.82) is 0 Å². The summed E-state index contributed by atoms with van der Waals surface area (Å²) in [6.07, 6.45) is 0. The summed E-state index contributed by atoms with van der Waals surface area (Å²) in [4.78, 5) is 23.6. The van der Waals surface area contributed by atoms with Gasteiger partial charge in [-0.25, -0.2) is 9.59 Å². The first-order valence-electron chi connectivity index (χ1n) is 4.73. The lowest BCUT2D eigenvalue weighted by Gasteiger charge is -2.02. The Balaban J connectivity index is 2.50. The summed E-state index contributed by atoms with van der Waals surface area (Å²) in [5.41, 5.74) is 6.14. The van der Waals surface area contributed by atoms with E-state index in [0.29, 0.717) is 10.6 Å². The number of rotatable bonds is 4. The zero-order valence-corrected chi connectivity index (χ0v) is 9.93. The van der Waals surface area contributed by atoms with Crippen LogP contribution in [-0.2, 0) is 14.3 Å². The average Bonchev–Trinajstić information content (AvgIpc) is 2.56. The number of nitrogen functional groups attached to an aromatic ring is 1. The average molecular weight is 243 g/mol. The van der Waals surface area contributed by atoms with E-state index in [-0.39, 0.29) is 13.2 Å². The van der Waals surface area contributed by atoms with E-state index in [1.807, 2.05) is 6.92 Å². The molecule has 0 aliphatic heterocycles. The Morgan fingerprint density at radius 3 is 2.62 bits per heavy atom. The molecule has 0 aromatic carbocycles. The van der Waals surface area contributed by atoms with Gasteiger partial charge in [-0.3, -0.25) is 0 Å². The van der Waals surface area contributed by atoms with E-state index in [1.165, 1.54) is 17.4 Å². The Morgan fingerprint density at radius 1 is 1.44 bits per heavy atom. The van der Waals surface area contributed by atoms with Crippen LogP contribution in [0.25, 0.3) is 0 Å². The number of ether oxygens (including phenoxy) is 2. The highest BCUT2D eigenvalue weighted by Gasteiger charge is 2.14. The third-order valence-corrected chi connectivity index (χ3v) is 2.83. The van der Waals surface area contributed by atoms with Crippen molar-refractivity contribution in [1.82, 2.24) is 0 Å². The standard InChI is InChI=1S/C10H13NO4S/c1-3-14-9(12)5-15-10(13)8-4-7(11)6(2)16-8/h4H,3,5,11H2,1-2H3. The summed E-state index contributed by atoms with van der Waals surface area (Å²) in [7, 11) is 0. The Hall–Kier alpha value is -1.56. The molecule has 0 unspecified atom stereocenters. The summed E-state index contributed by atoms with van der Waals surface area (Å²) in [6.45, 7) is 3.39. The first-order valence-corrected chi connectivity index (χ1v) is 5.55. The molecule has 0 saturated heterocycles. The third kappa shape index (κ3) is 3.23. The van der Waals surface area contributed by atoms with Gasteiger partial charge < -0.3 is 15.2 Å². The molecular weight excluding hydrogens is 230 g/mol. The van der Waals surface area contributed by atoms with Crippen molar-refractivity contribution >= 4 is 29.0 Å². The van der Waals surface area contributed by atoms with Crippen LogP contribution in [-0.4, -0.2) is 25.2 Å². The lowest BCUT2D eigenvalue weighted by atomic mass is 10.4. The van der Waals surface area contributed by atoms with Gasteiger partial charge in [0.2, 0.25) is 0 Å². The third-order valence-electron chi connectivity index (χ3n) is 1.78. The second-order valence-electron chi connectivity index (χ2n) is 3.00. The van der Waals surface area contributed by atoms with E-state index in [4.69, 9.17) is 10.5 Å². The molecular formula is C10H13NO4S. The molecule has 1 aromatic rings. The Labute approximate surface area is 97.2 Å². The first-order chi connectivity index (χ1) is 7.54. The van der Waals surface area contributed by atoms with Crippen molar-refractivity contribution in [2.45, 2.75) is 13.8 Å². The number of hydrogen-bond acceptors (Lipinski definition) is 6. The Kier molecular flexibility index (Phi) is 4.30. The maximum Gasteiger partial charge on any atom is 0.348 e. The second kappa shape index (κ2) is 5.50. The van der Waals surface area contributed by atoms with Gasteiger partial charge in [-0.15, -0.1) is 11.3 Å². The number of esters is 2. The highest BCUT2D eigenvalue weighted by Crippen LogP contribution is 2.23. The predicted molar refractivity (Wildman–Crippen MR) is 60.4 cm³/mol. The van der Waals surface area contributed by atoms with Crippen molar-refractivity contribution in [3.63, 3.8) is 0 Å². The number of hydrogen-bond donors (Lipinski definition) is 1. The van der Waals surface area contributed by atoms with Crippen molar-refractivity contribution in [2.75, 3.05) is 18.9 Å². The van der Waals surface area contributed by atoms with Crippen molar-refractivity contribution < 1.29 is 19.1 Å². The van der Waals surface area contributed by atoms with Crippen LogP contribution in [0.1, 0.15) is 21.5 Å². The molecule has 2 N–H and O–H groups in total. The highest BCUT2D eigenvalue weighted by atomic mass is 32.1. The first kappa shape index (κ1) is 12.5. The van der Waals surface area contributed by atoms with E-state index >= 15 is 0 Å². The van der Waals surface area contributed by atoms with Gasteiger partial charge in [0.1, 0.15) is 4.88 Å². The van der Waals surface area contributed by atoms with Crippen LogP contribution in [0.4, 0.5) is 5.69 Å². The fourth-order valence-electron chi connectivity index (χ4n) is 0.995. The summed E-state index contributed by atoms with van der Waals surface area (Å²) < 4.78 is 9.37. The van der Waals surface area contributed by atoms with Crippen LogP contribution in [0.3, 0.4) is 0 Å². The van der Waals surface area contributed by atoms with Crippen LogP contribution in [0, 0.1) is 6.92 Å². The minimum absolute atomic E-state index is 0.265. The fourth-order valence-corrected chi connectivity index (χ4v) is 1.83. The van der Waals surface area contributed by atoms with Crippen molar-refractivity contribution in [3.05, 3.63) is 15.8 Å². The summed E-state index contributed by atoms with van der Waals surface area (Å²) in [6, 6.07) is 1.54. The molecule has 0 amide bonds. The Bertz CT molecular complexity index is 380. The molecule has 0 atom stereocenters. The van der Waals surface area contributed by atoms with Crippen LogP contribution in [0.5, 0.6) is 0 Å². The SMILES string of the molecule is CCOC(=O)COC(=O)c1cc(N)c(C)s1. The van der Waals surface area contributed by atoms with Crippen LogP contribution in [0.2, 0.25) is 0 Å². The van der Waals surface area contributed by atoms with Gasteiger partial charge in [-0.05, 0) is 19.9 Å². The largest absolute Gasteiger partial charge is 0.463 e. The molecule has 1 rings (SSSR count). The number of anilines is 1. The molecule has 1 aromatic heterocycles. The second-order valence-corrected chi connectivity index (χ2v) is 4.26. The number of carbonyl (C=O) groups is 2. The van der Waals surface area contributed by atoms with Gasteiger partial charge >= 0.3 is 11.9 Å². The molecule has 0 aliphatic carbocycles. The Morgan fingerprint density at radius 2 is 2.12 bits per heavy atom. The van der Waals surface area contributed by atoms with Gasteiger partial charge in [-0.1, -0.05) is 0 Å². The molecule has 5 nitrogen and oxygen atoms in total. The van der Waals surface area contributed by atoms with Crippen LogP contribution in [0.15, 0.2) is 6.07 Å². The van der Waals surface area contributed by atoms with Crippen LogP contribution < -0.4 is 5.73 Å². The monoisotopic (exact) mass is 243 g/mol. The molecule has 6 heteroatoms. The molecule has 0 saturated carbocycles. The molecule has 88 valence electrons. The van der Waals surface area contributed by atoms with E-state index in [0.717, 1.165) is 4.88 Å². The van der Waals surface area contributed by atoms with Gasteiger partial charge in [0.05, 0.1) is 6.61 Å². The maximum absolute atomic E-state index is 11.4. The van der Waals surface area contributed by atoms with Gasteiger partial charge in [0.25, 0.3) is 0 Å². The van der Waals surface area contributed by atoms with E-state index < -0.39 is 11.9 Å². The quantitative estimate of drug-likeness (QED) is 0.808. The smallest absolute Gasteiger partial charge is 0.348 e. The molecule has 0 aliphatic rings. The molecule has 0 fully saturated rings. The van der Waals surface area contributed by atoms with Gasteiger partial charge in [-0.2, -0.15) is 0 Å². The van der Waals surface area contributed by atoms with Gasteiger partial charge in [0.15, 0.2) is 6.61 Å². The summed E-state index contributed by atoms with van der Waals surface area (Å²) in [5, 5.41) is 0. The minimum atomic E-state index is -0.558. The van der Waals surface area contributed by atoms with Crippen LogP contribution >= 0.6 is 11.3 Å². The normalized spacial score (nSPS) is 9.88. The predicted octanol–water partition coefficient (Wildman–Crippen LogP) is 1.36. The molecule has 1 heterocycles. The minimum Gasteiger partial charge on any atom is -0.463 e. The van der Waals surface area contributed by atoms with E-state index in [2.05, 4.69) is 4.74 Å². The number of thiophene rings is 1. The number of nitrogens with two attached hydrogens (primary N) is 1. The van der Waals surface area contributed by atoms with E-state index in [9.17, 15) is 9.59 Å². The summed E-state index contributed by atoms with van der Waals surface area (Å²) >= 11 is 1.24. The lowest BCUT2D eigenvalue weighted by Crippen LogP contribution is -2.15. The maximum atomic E-state index is 11.4. The number of aryl methyl sites for hydroxylation is 1. The van der Waals surface area contributed by atoms with Gasteiger partial charge in [0, 0.05) is 10.6 Å². The topological polar surface area (TPSA) is 78.6 Å². The molecule has 0 spiro atoms. The summed E-state index contributed by atoms with van der Waals surface area (Å²) in [5.74, 6) is -1.12. The van der Waals surface area contributed by atoms with E-state index in [1.54, 1.807) is 6.92 Å². The lowest BCUT2D eigenvalue weighted by molar-refractivity contribution is -0.146. The number of carbonyl (C=O) groups excluding carboxylic acids is 2. The zero-order valence-electron chi connectivity index (χ0n) is 9.11. The fraction of sp³-hybridized carbons (Fsp3) is 0.400.